The molecule has 13 heavy (non-hydrogen) atoms. The van der Waals surface area contributed by atoms with Crippen LogP contribution in [0.25, 0.3) is 10.9 Å². The second-order valence-electron chi connectivity index (χ2n) is 2.86. The quantitative estimate of drug-likeness (QED) is 0.777. The van der Waals surface area contributed by atoms with Gasteiger partial charge in [-0.3, -0.25) is 9.89 Å². The normalized spacial score (nSPS) is 10.6. The third-order valence-electron chi connectivity index (χ3n) is 1.99. The van der Waals surface area contributed by atoms with Gasteiger partial charge in [-0.15, -0.1) is 0 Å². The minimum Gasteiger partial charge on any atom is -0.298 e. The third-order valence-corrected chi connectivity index (χ3v) is 2.68. The number of aromatic nitrogens is 2. The number of nitrogens with one attached hydrogen (secondary N) is 1. The number of benzene rings is 1. The number of hydrogen-bond acceptors (Lipinski definition) is 2. The van der Waals surface area contributed by atoms with Crippen LogP contribution >= 0.6 is 15.9 Å². The number of carbonyl (C=O) groups is 1. The van der Waals surface area contributed by atoms with Crippen molar-refractivity contribution < 1.29 is 4.79 Å². The summed E-state index contributed by atoms with van der Waals surface area (Å²) in [4.78, 5) is 10.6. The zero-order valence-corrected chi connectivity index (χ0v) is 8.55. The predicted octanol–water partition coefficient (Wildman–Crippen LogP) is 2.45. The molecule has 3 nitrogen and oxygen atoms in total. The average molecular weight is 239 g/mol. The summed E-state index contributed by atoms with van der Waals surface area (Å²) in [5.74, 6) is 0. The van der Waals surface area contributed by atoms with Crippen molar-refractivity contribution in [3.63, 3.8) is 0 Å². The van der Waals surface area contributed by atoms with Gasteiger partial charge >= 0.3 is 0 Å². The summed E-state index contributed by atoms with van der Waals surface area (Å²) in [6, 6.07) is 3.66. The Balaban J connectivity index is 2.83. The van der Waals surface area contributed by atoms with Crippen LogP contribution in [-0.2, 0) is 0 Å². The molecule has 0 fully saturated rings. The lowest BCUT2D eigenvalue weighted by atomic mass is 10.1. The number of fused-ring (bicyclic) bond motifs is 1. The van der Waals surface area contributed by atoms with Crippen molar-refractivity contribution in [2.45, 2.75) is 6.92 Å². The Kier molecular flexibility index (Phi) is 1.92. The second-order valence-corrected chi connectivity index (χ2v) is 3.71. The van der Waals surface area contributed by atoms with E-state index in [1.54, 1.807) is 6.07 Å². The number of carbonyl (C=O) groups excluding carboxylic acids is 1. The number of halogens is 1. The fourth-order valence-corrected chi connectivity index (χ4v) is 1.70. The van der Waals surface area contributed by atoms with Crippen molar-refractivity contribution in [2.24, 2.45) is 0 Å². The fourth-order valence-electron chi connectivity index (χ4n) is 1.27. The van der Waals surface area contributed by atoms with Crippen LogP contribution in [-0.4, -0.2) is 16.5 Å². The first-order valence-electron chi connectivity index (χ1n) is 3.82. The molecule has 0 aliphatic heterocycles. The maximum Gasteiger partial charge on any atom is 0.151 e. The van der Waals surface area contributed by atoms with Crippen LogP contribution in [0.4, 0.5) is 0 Å². The standard InChI is InChI=1S/C9H7BrN2O/c1-5-7-3-8(10)6(4-13)2-9(7)12-11-5/h2-4H,1H3,(H,11,12). The largest absolute Gasteiger partial charge is 0.298 e. The number of rotatable bonds is 1. The molecule has 4 heteroatoms. The number of aryl methyl sites for hydroxylation is 1. The Bertz CT molecular complexity index is 476. The summed E-state index contributed by atoms with van der Waals surface area (Å²) in [5.41, 5.74) is 2.45. The zero-order chi connectivity index (χ0) is 9.42. The molecule has 0 aliphatic rings. The molecule has 0 amide bonds. The van der Waals surface area contributed by atoms with Crippen molar-refractivity contribution in [2.75, 3.05) is 0 Å². The molecule has 1 heterocycles. The van der Waals surface area contributed by atoms with Gasteiger partial charge in [-0.25, -0.2) is 0 Å². The number of H-pyrrole nitrogens is 1. The van der Waals surface area contributed by atoms with Crippen molar-refractivity contribution in [1.29, 1.82) is 0 Å². The Morgan fingerprint density at radius 2 is 2.31 bits per heavy atom. The van der Waals surface area contributed by atoms with Gasteiger partial charge in [-0.05, 0) is 19.1 Å². The van der Waals surface area contributed by atoms with Gasteiger partial charge < -0.3 is 0 Å². The van der Waals surface area contributed by atoms with Gasteiger partial charge in [-0.2, -0.15) is 5.10 Å². The number of nitrogens with zero attached hydrogens (tertiary/aromatic N) is 1. The third kappa shape index (κ3) is 1.27. The van der Waals surface area contributed by atoms with Gasteiger partial charge in [-0.1, -0.05) is 15.9 Å². The molecule has 1 aromatic heterocycles. The van der Waals surface area contributed by atoms with Crippen molar-refractivity contribution >= 4 is 33.1 Å². The van der Waals surface area contributed by atoms with Crippen molar-refractivity contribution in [1.82, 2.24) is 10.2 Å². The van der Waals surface area contributed by atoms with E-state index < -0.39 is 0 Å². The van der Waals surface area contributed by atoms with Crippen LogP contribution in [0.1, 0.15) is 16.1 Å². The van der Waals surface area contributed by atoms with E-state index in [1.807, 2.05) is 13.0 Å². The maximum absolute atomic E-state index is 10.6. The number of hydrogen-bond donors (Lipinski definition) is 1. The summed E-state index contributed by atoms with van der Waals surface area (Å²) in [7, 11) is 0. The Morgan fingerprint density at radius 3 is 3.00 bits per heavy atom. The molecule has 0 saturated carbocycles. The number of aromatic amines is 1. The smallest absolute Gasteiger partial charge is 0.151 e. The minimum absolute atomic E-state index is 0.624. The first-order valence-corrected chi connectivity index (χ1v) is 4.61. The monoisotopic (exact) mass is 238 g/mol. The molecule has 0 spiro atoms. The van der Waals surface area contributed by atoms with E-state index in [9.17, 15) is 4.79 Å². The highest BCUT2D eigenvalue weighted by Gasteiger charge is 2.05. The molecule has 0 atom stereocenters. The van der Waals surface area contributed by atoms with E-state index in [1.165, 1.54) is 0 Å². The lowest BCUT2D eigenvalue weighted by molar-refractivity contribution is 0.112. The highest BCUT2D eigenvalue weighted by Crippen LogP contribution is 2.23. The van der Waals surface area contributed by atoms with Crippen LogP contribution in [0.2, 0.25) is 0 Å². The SMILES string of the molecule is Cc1[nH]nc2cc(C=O)c(Br)cc12. The summed E-state index contributed by atoms with van der Waals surface area (Å²) in [6.07, 6.45) is 0.813. The van der Waals surface area contributed by atoms with Crippen LogP contribution in [0.3, 0.4) is 0 Å². The molecular weight excluding hydrogens is 232 g/mol. The lowest BCUT2D eigenvalue weighted by Crippen LogP contribution is -1.82. The van der Waals surface area contributed by atoms with Gasteiger partial charge in [0.1, 0.15) is 0 Å². The molecule has 1 N–H and O–H groups in total. The highest BCUT2D eigenvalue weighted by atomic mass is 79.9. The Hall–Kier alpha value is -1.16. The summed E-state index contributed by atoms with van der Waals surface area (Å²) >= 11 is 3.32. The highest BCUT2D eigenvalue weighted by molar-refractivity contribution is 9.10. The van der Waals surface area contributed by atoms with E-state index in [0.717, 1.165) is 27.4 Å². The van der Waals surface area contributed by atoms with Crippen LogP contribution < -0.4 is 0 Å². The van der Waals surface area contributed by atoms with Crippen molar-refractivity contribution in [3.05, 3.63) is 27.9 Å². The summed E-state index contributed by atoms with van der Waals surface area (Å²) < 4.78 is 0.805. The van der Waals surface area contributed by atoms with Crippen LogP contribution in [0.15, 0.2) is 16.6 Å². The topological polar surface area (TPSA) is 45.8 Å². The first-order chi connectivity index (χ1) is 6.22. The van der Waals surface area contributed by atoms with Gasteiger partial charge in [0.25, 0.3) is 0 Å². The maximum atomic E-state index is 10.6. The Morgan fingerprint density at radius 1 is 1.54 bits per heavy atom. The molecule has 2 aromatic rings. The van der Waals surface area contributed by atoms with E-state index in [0.29, 0.717) is 5.56 Å². The fraction of sp³-hybridized carbons (Fsp3) is 0.111. The van der Waals surface area contributed by atoms with Gasteiger partial charge in [0.05, 0.1) is 5.52 Å². The first kappa shape index (κ1) is 8.44. The van der Waals surface area contributed by atoms with E-state index in [4.69, 9.17) is 0 Å². The molecule has 0 unspecified atom stereocenters. The summed E-state index contributed by atoms with van der Waals surface area (Å²) in [5, 5.41) is 7.97. The van der Waals surface area contributed by atoms with E-state index >= 15 is 0 Å². The minimum atomic E-state index is 0.624. The van der Waals surface area contributed by atoms with Crippen LogP contribution in [0.5, 0.6) is 0 Å². The molecule has 1 aromatic carbocycles. The van der Waals surface area contributed by atoms with Gasteiger partial charge in [0.15, 0.2) is 6.29 Å². The molecule has 0 saturated heterocycles. The van der Waals surface area contributed by atoms with E-state index in [-0.39, 0.29) is 0 Å². The molecule has 66 valence electrons. The zero-order valence-electron chi connectivity index (χ0n) is 6.97. The molecule has 2 rings (SSSR count). The van der Waals surface area contributed by atoms with Gasteiger partial charge in [0, 0.05) is 21.1 Å². The van der Waals surface area contributed by atoms with Crippen molar-refractivity contribution in [3.8, 4) is 0 Å². The number of aldehydes is 1. The molecular formula is C9H7BrN2O. The van der Waals surface area contributed by atoms with Gasteiger partial charge in [0.2, 0.25) is 0 Å². The lowest BCUT2D eigenvalue weighted by Gasteiger charge is -1.95. The average Bonchev–Trinajstić information content (AvgIpc) is 2.47. The van der Waals surface area contributed by atoms with E-state index in [2.05, 4.69) is 26.1 Å². The Labute approximate surface area is 83.3 Å². The summed E-state index contributed by atoms with van der Waals surface area (Å²) in [6.45, 7) is 1.95. The second kappa shape index (κ2) is 2.96. The van der Waals surface area contributed by atoms with Crippen LogP contribution in [0, 0.1) is 6.92 Å². The molecule has 0 bridgehead atoms. The molecule has 0 radical (unpaired) electrons. The molecule has 0 aliphatic carbocycles. The predicted molar refractivity (Wildman–Crippen MR) is 53.9 cm³/mol.